The van der Waals surface area contributed by atoms with Crippen LogP contribution in [0.2, 0.25) is 0 Å². The van der Waals surface area contributed by atoms with E-state index < -0.39 is 5.92 Å². The number of rotatable bonds is 4. The average Bonchev–Trinajstić information content (AvgIpc) is 2.14. The first-order chi connectivity index (χ1) is 6.49. The summed E-state index contributed by atoms with van der Waals surface area (Å²) in [6.07, 6.45) is -0.492. The van der Waals surface area contributed by atoms with Crippen molar-refractivity contribution in [1.82, 2.24) is 0 Å². The monoisotopic (exact) mass is 198 g/mol. The smallest absolute Gasteiger partial charge is 0.245 e. The largest absolute Gasteiger partial charge is 0.294 e. The van der Waals surface area contributed by atoms with E-state index in [1.54, 1.807) is 30.3 Å². The molecule has 0 spiro atoms. The normalized spacial score (nSPS) is 11.4. The second kappa shape index (κ2) is 4.31. The van der Waals surface area contributed by atoms with Crippen molar-refractivity contribution in [3.05, 3.63) is 35.9 Å². The minimum absolute atomic E-state index is 0.104. The van der Waals surface area contributed by atoms with Gasteiger partial charge in [-0.1, -0.05) is 30.3 Å². The summed E-state index contributed by atoms with van der Waals surface area (Å²) in [5.74, 6) is -2.99. The highest BCUT2D eigenvalue weighted by Gasteiger charge is 2.22. The third-order valence-corrected chi connectivity index (χ3v) is 1.89. The predicted molar refractivity (Wildman–Crippen MR) is 50.6 cm³/mol. The molecule has 3 heteroatoms. The van der Waals surface area contributed by atoms with Gasteiger partial charge in [0.2, 0.25) is 5.92 Å². The zero-order chi connectivity index (χ0) is 10.6. The maximum atomic E-state index is 12.4. The summed E-state index contributed by atoms with van der Waals surface area (Å²) >= 11 is 0. The minimum Gasteiger partial charge on any atom is -0.294 e. The molecule has 0 aliphatic carbocycles. The van der Waals surface area contributed by atoms with Crippen molar-refractivity contribution < 1.29 is 13.6 Å². The molecule has 14 heavy (non-hydrogen) atoms. The van der Waals surface area contributed by atoms with E-state index in [9.17, 15) is 13.6 Å². The van der Waals surface area contributed by atoms with Crippen molar-refractivity contribution in [1.29, 1.82) is 0 Å². The Morgan fingerprint density at radius 2 is 1.86 bits per heavy atom. The Labute approximate surface area is 81.7 Å². The van der Waals surface area contributed by atoms with Crippen LogP contribution in [0, 0.1) is 0 Å². The van der Waals surface area contributed by atoms with Crippen LogP contribution in [-0.4, -0.2) is 11.7 Å². The molecule has 0 fully saturated rings. The molecule has 0 atom stereocenters. The van der Waals surface area contributed by atoms with E-state index in [1.807, 2.05) is 0 Å². The number of ketones is 1. The van der Waals surface area contributed by atoms with Crippen molar-refractivity contribution in [2.75, 3.05) is 0 Å². The number of carbonyl (C=O) groups excluding carboxylic acids is 1. The summed E-state index contributed by atoms with van der Waals surface area (Å²) in [5, 5.41) is 0. The molecule has 0 aromatic heterocycles. The molecule has 0 aliphatic rings. The standard InChI is InChI=1S/C11H12F2O/c1-11(12,13)8-7-10(14)9-5-3-2-4-6-9/h2-6H,7-8H2,1H3. The number of alkyl halides is 2. The molecular formula is C11H12F2O. The maximum absolute atomic E-state index is 12.4. The summed E-state index contributed by atoms with van der Waals surface area (Å²) in [7, 11) is 0. The highest BCUT2D eigenvalue weighted by Crippen LogP contribution is 2.20. The third-order valence-electron chi connectivity index (χ3n) is 1.89. The lowest BCUT2D eigenvalue weighted by Gasteiger charge is -2.08. The Balaban J connectivity index is 2.52. The molecular weight excluding hydrogens is 186 g/mol. The third kappa shape index (κ3) is 3.64. The summed E-state index contributed by atoms with van der Waals surface area (Å²) in [5.41, 5.74) is 0.497. The number of carbonyl (C=O) groups is 1. The Kier molecular flexibility index (Phi) is 3.33. The van der Waals surface area contributed by atoms with Crippen LogP contribution in [0.1, 0.15) is 30.1 Å². The quantitative estimate of drug-likeness (QED) is 0.678. The van der Waals surface area contributed by atoms with Gasteiger partial charge >= 0.3 is 0 Å². The van der Waals surface area contributed by atoms with E-state index in [-0.39, 0.29) is 18.6 Å². The van der Waals surface area contributed by atoms with Crippen molar-refractivity contribution in [2.24, 2.45) is 0 Å². The molecule has 1 aromatic rings. The average molecular weight is 198 g/mol. The second-order valence-electron chi connectivity index (χ2n) is 3.36. The predicted octanol–water partition coefficient (Wildman–Crippen LogP) is 3.30. The zero-order valence-corrected chi connectivity index (χ0v) is 7.97. The van der Waals surface area contributed by atoms with Crippen molar-refractivity contribution >= 4 is 5.78 Å². The van der Waals surface area contributed by atoms with E-state index in [0.29, 0.717) is 5.56 Å². The van der Waals surface area contributed by atoms with Crippen LogP contribution in [0.25, 0.3) is 0 Å². The van der Waals surface area contributed by atoms with Gasteiger partial charge in [0.15, 0.2) is 5.78 Å². The van der Waals surface area contributed by atoms with Gasteiger partial charge in [0.25, 0.3) is 0 Å². The van der Waals surface area contributed by atoms with E-state index in [4.69, 9.17) is 0 Å². The molecule has 0 bridgehead atoms. The summed E-state index contributed by atoms with van der Waals surface area (Å²) in [6, 6.07) is 8.49. The fraction of sp³-hybridized carbons (Fsp3) is 0.364. The fourth-order valence-electron chi connectivity index (χ4n) is 1.10. The minimum atomic E-state index is -2.76. The van der Waals surface area contributed by atoms with Crippen LogP contribution >= 0.6 is 0 Å². The lowest BCUT2D eigenvalue weighted by molar-refractivity contribution is 0.0113. The number of benzene rings is 1. The van der Waals surface area contributed by atoms with E-state index in [2.05, 4.69) is 0 Å². The van der Waals surface area contributed by atoms with Crippen LogP contribution in [0.15, 0.2) is 30.3 Å². The van der Waals surface area contributed by atoms with Gasteiger partial charge in [0.05, 0.1) is 0 Å². The Morgan fingerprint density at radius 3 is 2.36 bits per heavy atom. The second-order valence-corrected chi connectivity index (χ2v) is 3.36. The molecule has 0 radical (unpaired) electrons. The van der Waals surface area contributed by atoms with Gasteiger partial charge in [0.1, 0.15) is 0 Å². The molecule has 0 saturated heterocycles. The van der Waals surface area contributed by atoms with Gasteiger partial charge in [-0.15, -0.1) is 0 Å². The number of hydrogen-bond donors (Lipinski definition) is 0. The molecule has 0 heterocycles. The van der Waals surface area contributed by atoms with Gasteiger partial charge in [-0.05, 0) is 6.92 Å². The first-order valence-corrected chi connectivity index (χ1v) is 4.45. The number of hydrogen-bond acceptors (Lipinski definition) is 1. The van der Waals surface area contributed by atoms with Crippen LogP contribution < -0.4 is 0 Å². The summed E-state index contributed by atoms with van der Waals surface area (Å²) in [4.78, 5) is 11.4. The first kappa shape index (κ1) is 10.8. The topological polar surface area (TPSA) is 17.1 Å². The summed E-state index contributed by atoms with van der Waals surface area (Å²) < 4.78 is 24.9. The van der Waals surface area contributed by atoms with E-state index in [0.717, 1.165) is 6.92 Å². The molecule has 0 unspecified atom stereocenters. The molecule has 0 amide bonds. The Hall–Kier alpha value is -1.25. The zero-order valence-electron chi connectivity index (χ0n) is 7.97. The summed E-state index contributed by atoms with van der Waals surface area (Å²) in [6.45, 7) is 0.825. The van der Waals surface area contributed by atoms with Gasteiger partial charge in [-0.25, -0.2) is 8.78 Å². The van der Waals surface area contributed by atoms with Gasteiger partial charge in [0, 0.05) is 18.4 Å². The number of halogens is 2. The van der Waals surface area contributed by atoms with Crippen LogP contribution in [-0.2, 0) is 0 Å². The van der Waals surface area contributed by atoms with Gasteiger partial charge in [-0.2, -0.15) is 0 Å². The van der Waals surface area contributed by atoms with Gasteiger partial charge < -0.3 is 0 Å². The van der Waals surface area contributed by atoms with E-state index in [1.165, 1.54) is 0 Å². The molecule has 1 rings (SSSR count). The van der Waals surface area contributed by atoms with Crippen LogP contribution in [0.5, 0.6) is 0 Å². The maximum Gasteiger partial charge on any atom is 0.245 e. The van der Waals surface area contributed by atoms with Gasteiger partial charge in [-0.3, -0.25) is 4.79 Å². The lowest BCUT2D eigenvalue weighted by Crippen LogP contribution is -2.12. The number of Topliss-reactive ketones (excluding diaryl/α,β-unsaturated/α-hetero) is 1. The fourth-order valence-corrected chi connectivity index (χ4v) is 1.10. The first-order valence-electron chi connectivity index (χ1n) is 4.45. The molecule has 0 saturated carbocycles. The van der Waals surface area contributed by atoms with Crippen LogP contribution in [0.4, 0.5) is 8.78 Å². The molecule has 76 valence electrons. The van der Waals surface area contributed by atoms with E-state index >= 15 is 0 Å². The molecule has 0 aliphatic heterocycles. The lowest BCUT2D eigenvalue weighted by atomic mass is 10.0. The Bertz CT molecular complexity index is 301. The Morgan fingerprint density at radius 1 is 1.29 bits per heavy atom. The van der Waals surface area contributed by atoms with Crippen molar-refractivity contribution in [2.45, 2.75) is 25.7 Å². The highest BCUT2D eigenvalue weighted by molar-refractivity contribution is 5.95. The SMILES string of the molecule is CC(F)(F)CCC(=O)c1ccccc1. The van der Waals surface area contributed by atoms with Crippen LogP contribution in [0.3, 0.4) is 0 Å². The highest BCUT2D eigenvalue weighted by atomic mass is 19.3. The van der Waals surface area contributed by atoms with Crippen molar-refractivity contribution in [3.8, 4) is 0 Å². The molecule has 0 N–H and O–H groups in total. The molecule has 1 aromatic carbocycles. The van der Waals surface area contributed by atoms with Crippen molar-refractivity contribution in [3.63, 3.8) is 0 Å². The molecule has 1 nitrogen and oxygen atoms in total.